The van der Waals surface area contributed by atoms with E-state index in [-0.39, 0.29) is 0 Å². The summed E-state index contributed by atoms with van der Waals surface area (Å²) in [7, 11) is 0. The van der Waals surface area contributed by atoms with Gasteiger partial charge in [0.25, 0.3) is 0 Å². The molecule has 0 aliphatic carbocycles. The van der Waals surface area contributed by atoms with Crippen LogP contribution in [0.15, 0.2) is 36.4 Å². The summed E-state index contributed by atoms with van der Waals surface area (Å²) in [6.07, 6.45) is 2.34. The smallest absolute Gasteiger partial charge is 0.00993 e. The topological polar surface area (TPSA) is 0 Å². The summed E-state index contributed by atoms with van der Waals surface area (Å²) in [6, 6.07) is 8.97. The highest BCUT2D eigenvalue weighted by Gasteiger charge is 2.17. The highest BCUT2D eigenvalue weighted by molar-refractivity contribution is 5.26. The van der Waals surface area contributed by atoms with Gasteiger partial charge in [-0.1, -0.05) is 55.7 Å². The molecular formula is C16H24. The molecular weight excluding hydrogens is 192 g/mol. The minimum Gasteiger partial charge on any atom is -0.100 e. The Morgan fingerprint density at radius 3 is 2.25 bits per heavy atom. The summed E-state index contributed by atoms with van der Waals surface area (Å²) in [5.74, 6) is 1.35. The first kappa shape index (κ1) is 13.0. The second kappa shape index (κ2) is 5.89. The van der Waals surface area contributed by atoms with E-state index in [0.717, 1.165) is 12.3 Å². The van der Waals surface area contributed by atoms with Crippen LogP contribution in [-0.2, 0) is 0 Å². The second-order valence-electron chi connectivity index (χ2n) is 5.06. The Kier molecular flexibility index (Phi) is 4.79. The van der Waals surface area contributed by atoms with Gasteiger partial charge in [-0.25, -0.2) is 0 Å². The van der Waals surface area contributed by atoms with Crippen LogP contribution in [0.25, 0.3) is 0 Å². The van der Waals surface area contributed by atoms with Gasteiger partial charge in [0.1, 0.15) is 0 Å². The molecule has 16 heavy (non-hydrogen) atoms. The maximum Gasteiger partial charge on any atom is -0.00993 e. The van der Waals surface area contributed by atoms with Crippen molar-refractivity contribution in [1.29, 1.82) is 0 Å². The Morgan fingerprint density at radius 2 is 1.81 bits per heavy atom. The van der Waals surface area contributed by atoms with Gasteiger partial charge in [-0.3, -0.25) is 0 Å². The van der Waals surface area contributed by atoms with Gasteiger partial charge < -0.3 is 0 Å². The average molecular weight is 216 g/mol. The van der Waals surface area contributed by atoms with Crippen molar-refractivity contribution in [1.82, 2.24) is 0 Å². The van der Waals surface area contributed by atoms with Crippen molar-refractivity contribution in [3.05, 3.63) is 47.5 Å². The van der Waals surface area contributed by atoms with Crippen LogP contribution < -0.4 is 0 Å². The van der Waals surface area contributed by atoms with Gasteiger partial charge in [-0.2, -0.15) is 0 Å². The molecule has 0 fully saturated rings. The van der Waals surface area contributed by atoms with Gasteiger partial charge in [-0.05, 0) is 37.7 Å². The summed E-state index contributed by atoms with van der Waals surface area (Å²) in [5, 5.41) is 0. The van der Waals surface area contributed by atoms with Crippen LogP contribution in [0, 0.1) is 12.8 Å². The molecule has 0 aliphatic heterocycles. The van der Waals surface area contributed by atoms with E-state index >= 15 is 0 Å². The Morgan fingerprint density at radius 1 is 1.25 bits per heavy atom. The number of benzene rings is 1. The van der Waals surface area contributed by atoms with Crippen molar-refractivity contribution in [2.75, 3.05) is 0 Å². The summed E-state index contributed by atoms with van der Waals surface area (Å²) in [5.41, 5.74) is 4.08. The molecule has 0 heterocycles. The minimum atomic E-state index is 0.628. The molecule has 2 unspecified atom stereocenters. The molecule has 1 rings (SSSR count). The average Bonchev–Trinajstić information content (AvgIpc) is 2.26. The third-order valence-electron chi connectivity index (χ3n) is 3.40. The molecule has 88 valence electrons. The maximum absolute atomic E-state index is 4.05. The summed E-state index contributed by atoms with van der Waals surface area (Å²) >= 11 is 0. The zero-order valence-electron chi connectivity index (χ0n) is 11.1. The van der Waals surface area contributed by atoms with E-state index in [2.05, 4.69) is 58.5 Å². The number of aryl methyl sites for hydroxylation is 1. The monoisotopic (exact) mass is 216 g/mol. The van der Waals surface area contributed by atoms with E-state index in [1.54, 1.807) is 0 Å². The molecule has 2 atom stereocenters. The van der Waals surface area contributed by atoms with E-state index in [4.69, 9.17) is 0 Å². The third kappa shape index (κ3) is 3.52. The first-order chi connectivity index (χ1) is 7.54. The fourth-order valence-corrected chi connectivity index (χ4v) is 2.12. The van der Waals surface area contributed by atoms with Crippen LogP contribution in [0.1, 0.15) is 50.7 Å². The molecule has 0 aliphatic rings. The van der Waals surface area contributed by atoms with E-state index in [9.17, 15) is 0 Å². The van der Waals surface area contributed by atoms with Crippen LogP contribution >= 0.6 is 0 Å². The predicted octanol–water partition coefficient (Wildman–Crippen LogP) is 5.09. The molecule has 0 saturated heterocycles. The minimum absolute atomic E-state index is 0.628. The molecule has 0 bridgehead atoms. The van der Waals surface area contributed by atoms with E-state index in [0.29, 0.717) is 5.92 Å². The van der Waals surface area contributed by atoms with E-state index in [1.807, 2.05) is 0 Å². The van der Waals surface area contributed by atoms with Crippen molar-refractivity contribution < 1.29 is 0 Å². The molecule has 1 aromatic rings. The van der Waals surface area contributed by atoms with Gasteiger partial charge in [0, 0.05) is 0 Å². The lowest BCUT2D eigenvalue weighted by molar-refractivity contribution is 0.442. The fraction of sp³-hybridized carbons (Fsp3) is 0.500. The van der Waals surface area contributed by atoms with Gasteiger partial charge >= 0.3 is 0 Å². The Labute approximate surface area is 100 Å². The van der Waals surface area contributed by atoms with Gasteiger partial charge in [0.05, 0.1) is 0 Å². The molecule has 0 amide bonds. The number of rotatable bonds is 5. The van der Waals surface area contributed by atoms with Crippen LogP contribution in [0.3, 0.4) is 0 Å². The summed E-state index contributed by atoms with van der Waals surface area (Å²) < 4.78 is 0. The van der Waals surface area contributed by atoms with Crippen molar-refractivity contribution in [3.8, 4) is 0 Å². The van der Waals surface area contributed by atoms with Crippen LogP contribution in [-0.4, -0.2) is 0 Å². The Bertz CT molecular complexity index is 332. The SMILES string of the molecule is C=C(C)CC(c1ccc(C)cc1)C(C)CC. The fourth-order valence-electron chi connectivity index (χ4n) is 2.12. The lowest BCUT2D eigenvalue weighted by Crippen LogP contribution is -2.09. The first-order valence-corrected chi connectivity index (χ1v) is 6.25. The zero-order chi connectivity index (χ0) is 12.1. The third-order valence-corrected chi connectivity index (χ3v) is 3.40. The Balaban J connectivity index is 2.91. The van der Waals surface area contributed by atoms with Crippen molar-refractivity contribution in [2.24, 2.45) is 5.92 Å². The quantitative estimate of drug-likeness (QED) is 0.601. The van der Waals surface area contributed by atoms with Crippen molar-refractivity contribution in [3.63, 3.8) is 0 Å². The molecule has 0 saturated carbocycles. The lowest BCUT2D eigenvalue weighted by atomic mass is 9.81. The molecule has 0 spiro atoms. The Hall–Kier alpha value is -1.04. The summed E-state index contributed by atoms with van der Waals surface area (Å²) in [6.45, 7) is 12.9. The van der Waals surface area contributed by atoms with E-state index < -0.39 is 0 Å². The van der Waals surface area contributed by atoms with Crippen LogP contribution in [0.4, 0.5) is 0 Å². The molecule has 0 nitrogen and oxygen atoms in total. The van der Waals surface area contributed by atoms with Gasteiger partial charge in [-0.15, -0.1) is 6.58 Å². The molecule has 1 aromatic carbocycles. The zero-order valence-corrected chi connectivity index (χ0v) is 11.1. The van der Waals surface area contributed by atoms with Gasteiger partial charge in [0.15, 0.2) is 0 Å². The summed E-state index contributed by atoms with van der Waals surface area (Å²) in [4.78, 5) is 0. The van der Waals surface area contributed by atoms with E-state index in [1.165, 1.54) is 23.1 Å². The van der Waals surface area contributed by atoms with Gasteiger partial charge in [0.2, 0.25) is 0 Å². The number of hydrogen-bond donors (Lipinski definition) is 0. The normalized spacial score (nSPS) is 14.5. The first-order valence-electron chi connectivity index (χ1n) is 6.25. The standard InChI is InChI=1S/C16H24/c1-6-14(5)16(11-12(2)3)15-9-7-13(4)8-10-15/h7-10,14,16H,2,6,11H2,1,3-5H3. The van der Waals surface area contributed by atoms with Crippen LogP contribution in [0.2, 0.25) is 0 Å². The largest absolute Gasteiger partial charge is 0.100 e. The lowest BCUT2D eigenvalue weighted by Gasteiger charge is -2.24. The molecule has 0 radical (unpaired) electrons. The van der Waals surface area contributed by atoms with Crippen molar-refractivity contribution >= 4 is 0 Å². The highest BCUT2D eigenvalue weighted by Crippen LogP contribution is 2.32. The number of allylic oxidation sites excluding steroid dienone is 1. The molecule has 0 N–H and O–H groups in total. The predicted molar refractivity (Wildman–Crippen MR) is 72.8 cm³/mol. The second-order valence-corrected chi connectivity index (χ2v) is 5.06. The highest BCUT2D eigenvalue weighted by atomic mass is 14.2. The molecule has 0 heteroatoms. The van der Waals surface area contributed by atoms with Crippen LogP contribution in [0.5, 0.6) is 0 Å². The van der Waals surface area contributed by atoms with Crippen molar-refractivity contribution in [2.45, 2.75) is 46.5 Å². The molecule has 0 aromatic heterocycles. The maximum atomic E-state index is 4.05. The number of hydrogen-bond acceptors (Lipinski definition) is 0.